The highest BCUT2D eigenvalue weighted by Crippen LogP contribution is 2.43. The maximum Gasteiger partial charge on any atom is 0.472 e. The van der Waals surface area contributed by atoms with Gasteiger partial charge in [-0.2, -0.15) is 0 Å². The molecule has 0 saturated carbocycles. The Labute approximate surface area is 354 Å². The van der Waals surface area contributed by atoms with Crippen molar-refractivity contribution in [2.24, 2.45) is 5.73 Å². The molecule has 1 unspecified atom stereocenters. The summed E-state index contributed by atoms with van der Waals surface area (Å²) >= 11 is 0. The van der Waals surface area contributed by atoms with Gasteiger partial charge in [0.25, 0.3) is 0 Å². The number of carbonyl (C=O) groups is 3. The van der Waals surface area contributed by atoms with Crippen LogP contribution in [0.15, 0.2) is 97.2 Å². The fourth-order valence-corrected chi connectivity index (χ4v) is 5.76. The number of phosphoric ester groups is 1. The molecular formula is C46H74NO11P. The quantitative estimate of drug-likeness (QED) is 0.0151. The third kappa shape index (κ3) is 39.6. The highest BCUT2D eigenvalue weighted by atomic mass is 31.2. The van der Waals surface area contributed by atoms with Gasteiger partial charge in [0.1, 0.15) is 12.6 Å². The van der Waals surface area contributed by atoms with E-state index >= 15 is 0 Å². The summed E-state index contributed by atoms with van der Waals surface area (Å²) in [5, 5.41) is 18.8. The first-order valence-corrected chi connectivity index (χ1v) is 22.9. The Balaban J connectivity index is 4.63. The molecule has 0 saturated heterocycles. The number of rotatable bonds is 38. The number of aliphatic hydroxyl groups excluding tert-OH is 1. The number of hydrogen-bond donors (Lipinski definition) is 4. The number of aliphatic carboxylic acids is 1. The fourth-order valence-electron chi connectivity index (χ4n) is 4.98. The summed E-state index contributed by atoms with van der Waals surface area (Å²) in [6.45, 7) is 2.50. The van der Waals surface area contributed by atoms with Crippen molar-refractivity contribution in [2.75, 3.05) is 19.8 Å². The number of carboxylic acids is 1. The van der Waals surface area contributed by atoms with Gasteiger partial charge in [-0.25, -0.2) is 4.57 Å². The second-order valence-corrected chi connectivity index (χ2v) is 15.4. The smallest absolute Gasteiger partial charge is 0.472 e. The summed E-state index contributed by atoms with van der Waals surface area (Å²) < 4.78 is 32.5. The van der Waals surface area contributed by atoms with Crippen molar-refractivity contribution in [1.82, 2.24) is 0 Å². The first-order valence-electron chi connectivity index (χ1n) is 21.4. The van der Waals surface area contributed by atoms with E-state index in [4.69, 9.17) is 24.8 Å². The molecule has 0 radical (unpaired) electrons. The van der Waals surface area contributed by atoms with Crippen LogP contribution in [0.25, 0.3) is 0 Å². The number of phosphoric acid groups is 1. The number of esters is 2. The van der Waals surface area contributed by atoms with Gasteiger partial charge in [-0.3, -0.25) is 23.4 Å². The Morgan fingerprint density at radius 3 is 1.63 bits per heavy atom. The van der Waals surface area contributed by atoms with Crippen molar-refractivity contribution in [2.45, 2.75) is 154 Å². The van der Waals surface area contributed by atoms with Gasteiger partial charge >= 0.3 is 25.7 Å². The summed E-state index contributed by atoms with van der Waals surface area (Å²) in [5.74, 6) is -2.57. The van der Waals surface area contributed by atoms with Crippen molar-refractivity contribution >= 4 is 25.7 Å². The van der Waals surface area contributed by atoms with Gasteiger partial charge in [0.15, 0.2) is 6.10 Å². The molecule has 0 aliphatic rings. The van der Waals surface area contributed by atoms with Crippen molar-refractivity contribution in [1.29, 1.82) is 0 Å². The van der Waals surface area contributed by atoms with Crippen LogP contribution in [0.4, 0.5) is 0 Å². The molecule has 0 aromatic heterocycles. The Morgan fingerprint density at radius 1 is 0.610 bits per heavy atom. The second kappa shape index (κ2) is 39.8. The topological polar surface area (TPSA) is 192 Å². The van der Waals surface area contributed by atoms with Crippen molar-refractivity contribution in [3.05, 3.63) is 97.2 Å². The average Bonchev–Trinajstić information content (AvgIpc) is 3.20. The van der Waals surface area contributed by atoms with E-state index in [1.807, 2.05) is 54.7 Å². The molecule has 59 heavy (non-hydrogen) atoms. The SMILES string of the molecule is CCCCC/C=C\C/C=C\C/C=C\C/C=C\CCCC(=O)O[C@H](COC(=O)CCC/C=C\C/C=C\C/C=C\C=C\[C@H](O)CCCCC)COP(=O)(O)OC[C@H](N)C(=O)O. The zero-order valence-electron chi connectivity index (χ0n) is 35.7. The van der Waals surface area contributed by atoms with E-state index in [0.717, 1.165) is 64.2 Å². The predicted molar refractivity (Wildman–Crippen MR) is 236 cm³/mol. The number of aliphatic hydroxyl groups is 1. The van der Waals surface area contributed by atoms with E-state index in [1.165, 1.54) is 19.3 Å². The highest BCUT2D eigenvalue weighted by Gasteiger charge is 2.28. The van der Waals surface area contributed by atoms with Gasteiger partial charge in [0.2, 0.25) is 0 Å². The third-order valence-corrected chi connectivity index (χ3v) is 9.36. The molecule has 0 aliphatic heterocycles. The Morgan fingerprint density at radius 2 is 1.08 bits per heavy atom. The highest BCUT2D eigenvalue weighted by molar-refractivity contribution is 7.47. The van der Waals surface area contributed by atoms with Gasteiger partial charge in [-0.05, 0) is 77.0 Å². The van der Waals surface area contributed by atoms with Crippen LogP contribution in [-0.4, -0.2) is 71.1 Å². The number of carboxylic acid groups (broad SMARTS) is 1. The van der Waals surface area contributed by atoms with Crippen LogP contribution < -0.4 is 5.73 Å². The molecule has 0 amide bonds. The summed E-state index contributed by atoms with van der Waals surface area (Å²) in [5.41, 5.74) is 5.32. The minimum Gasteiger partial charge on any atom is -0.480 e. The fraction of sp³-hybridized carbons (Fsp3) is 0.587. The van der Waals surface area contributed by atoms with E-state index in [9.17, 15) is 28.9 Å². The lowest BCUT2D eigenvalue weighted by molar-refractivity contribution is -0.161. The van der Waals surface area contributed by atoms with Crippen LogP contribution in [0.1, 0.15) is 136 Å². The lowest BCUT2D eigenvalue weighted by Gasteiger charge is -2.20. The standard InChI is InChI=1S/C46H74NO11P/c1-3-5-7-8-9-10-11-12-13-14-15-16-19-23-26-29-33-37-45(50)58-42(39-56-59(53,54)57-40-43(47)46(51)52)38-55-44(49)36-32-28-25-22-20-17-18-21-24-27-31-35-41(48)34-30-6-4-2/h9-10,12-13,15-18,22-27,31,35,41-43,48H,3-8,11,14,19-21,28-30,32-34,36-40,47H2,1-2H3,(H,51,52)(H,53,54)/b10-9-,13-12-,16-15-,18-17-,25-22-,26-23-,27-24-,35-31+/t41-,42-,43+/m1/s1. The number of unbranched alkanes of at least 4 members (excludes halogenated alkanes) is 7. The molecular weight excluding hydrogens is 773 g/mol. The molecule has 0 aliphatic carbocycles. The van der Waals surface area contributed by atoms with Crippen LogP contribution in [-0.2, 0) is 37.5 Å². The number of ether oxygens (including phenoxy) is 2. The zero-order chi connectivity index (χ0) is 43.7. The molecule has 0 aromatic rings. The first-order chi connectivity index (χ1) is 28.5. The molecule has 0 fully saturated rings. The van der Waals surface area contributed by atoms with Gasteiger partial charge < -0.3 is 30.3 Å². The molecule has 12 nitrogen and oxygen atoms in total. The minimum atomic E-state index is -4.76. The van der Waals surface area contributed by atoms with Crippen LogP contribution in [0.3, 0.4) is 0 Å². The van der Waals surface area contributed by atoms with Crippen molar-refractivity contribution in [3.63, 3.8) is 0 Å². The van der Waals surface area contributed by atoms with E-state index in [1.54, 1.807) is 0 Å². The summed E-state index contributed by atoms with van der Waals surface area (Å²) in [6.07, 6.45) is 46.7. The molecule has 0 heterocycles. The molecule has 5 N–H and O–H groups in total. The van der Waals surface area contributed by atoms with Crippen molar-refractivity contribution in [3.8, 4) is 0 Å². The number of allylic oxidation sites excluding steroid dienone is 15. The monoisotopic (exact) mass is 847 g/mol. The maximum atomic E-state index is 12.6. The summed E-state index contributed by atoms with van der Waals surface area (Å²) in [4.78, 5) is 45.9. The maximum absolute atomic E-state index is 12.6. The van der Waals surface area contributed by atoms with Crippen LogP contribution in [0, 0.1) is 0 Å². The Kier molecular flexibility index (Phi) is 37.3. The Bertz CT molecular complexity index is 1380. The Hall–Kier alpha value is -3.64. The third-order valence-electron chi connectivity index (χ3n) is 8.41. The second-order valence-electron chi connectivity index (χ2n) is 14.0. The van der Waals surface area contributed by atoms with Crippen molar-refractivity contribution < 1.29 is 52.6 Å². The van der Waals surface area contributed by atoms with E-state index in [0.29, 0.717) is 25.7 Å². The van der Waals surface area contributed by atoms with Gasteiger partial charge in [0, 0.05) is 12.8 Å². The average molecular weight is 848 g/mol. The largest absolute Gasteiger partial charge is 0.480 e. The predicted octanol–water partition coefficient (Wildman–Crippen LogP) is 10.2. The van der Waals surface area contributed by atoms with E-state index in [2.05, 4.69) is 60.9 Å². The summed E-state index contributed by atoms with van der Waals surface area (Å²) in [7, 11) is -4.76. The van der Waals surface area contributed by atoms with Crippen LogP contribution in [0.5, 0.6) is 0 Å². The molecule has 0 bridgehead atoms. The summed E-state index contributed by atoms with van der Waals surface area (Å²) in [6, 6.07) is -1.55. The zero-order valence-corrected chi connectivity index (χ0v) is 36.6. The molecule has 0 spiro atoms. The minimum absolute atomic E-state index is 0.0586. The molecule has 0 rings (SSSR count). The molecule has 334 valence electrons. The van der Waals surface area contributed by atoms with Gasteiger partial charge in [0.05, 0.1) is 19.3 Å². The molecule has 13 heteroatoms. The lowest BCUT2D eigenvalue weighted by atomic mass is 10.1. The number of hydrogen-bond acceptors (Lipinski definition) is 10. The number of nitrogens with two attached hydrogens (primary N) is 1. The molecule has 0 aromatic carbocycles. The van der Waals surface area contributed by atoms with Gasteiger partial charge in [-0.1, -0.05) is 143 Å². The number of carbonyl (C=O) groups excluding carboxylic acids is 2. The van der Waals surface area contributed by atoms with Gasteiger partial charge in [-0.15, -0.1) is 0 Å². The van der Waals surface area contributed by atoms with Crippen LogP contribution in [0.2, 0.25) is 0 Å². The van der Waals surface area contributed by atoms with Crippen LogP contribution >= 0.6 is 7.82 Å². The van der Waals surface area contributed by atoms with E-state index in [-0.39, 0.29) is 12.8 Å². The lowest BCUT2D eigenvalue weighted by Crippen LogP contribution is -2.34. The molecule has 4 atom stereocenters. The van der Waals surface area contributed by atoms with E-state index < -0.39 is 63.8 Å². The first kappa shape index (κ1) is 55.4. The normalized spacial score (nSPS) is 15.2.